The number of esters is 1. The van der Waals surface area contributed by atoms with Crippen molar-refractivity contribution < 1.29 is 14.3 Å². The van der Waals surface area contributed by atoms with Crippen molar-refractivity contribution in [1.82, 2.24) is 0 Å². The summed E-state index contributed by atoms with van der Waals surface area (Å²) in [5, 5.41) is 2.40. The second-order valence-electron chi connectivity index (χ2n) is 2.77. The largest absolute Gasteiger partial charge is 0.462 e. The summed E-state index contributed by atoms with van der Waals surface area (Å²) in [7, 11) is 1.16. The minimum Gasteiger partial charge on any atom is -0.462 e. The first-order chi connectivity index (χ1) is 7.17. The highest BCUT2D eigenvalue weighted by Crippen LogP contribution is 2.10. The molecule has 0 fully saturated rings. The van der Waals surface area contributed by atoms with Gasteiger partial charge >= 0.3 is 11.9 Å². The molecular formula is C11H11NO3. The molecule has 15 heavy (non-hydrogen) atoms. The molecule has 0 aliphatic carbocycles. The van der Waals surface area contributed by atoms with Crippen molar-refractivity contribution in [1.29, 1.82) is 0 Å². The number of anilines is 1. The average molecular weight is 205 g/mol. The number of benzene rings is 1. The third kappa shape index (κ3) is 2.95. The lowest BCUT2D eigenvalue weighted by atomic mass is 10.2. The van der Waals surface area contributed by atoms with Gasteiger partial charge in [-0.05, 0) is 17.7 Å². The van der Waals surface area contributed by atoms with Crippen molar-refractivity contribution in [3.63, 3.8) is 0 Å². The molecular weight excluding hydrogens is 194 g/mol. The third-order valence-corrected chi connectivity index (χ3v) is 1.78. The van der Waals surface area contributed by atoms with Crippen molar-refractivity contribution in [3.05, 3.63) is 36.4 Å². The zero-order valence-corrected chi connectivity index (χ0v) is 8.32. The summed E-state index contributed by atoms with van der Waals surface area (Å²) in [5.74, 6) is -1.70. The number of amides is 1. The molecule has 0 aliphatic rings. The molecule has 78 valence electrons. The van der Waals surface area contributed by atoms with Crippen LogP contribution in [0.15, 0.2) is 30.8 Å². The predicted octanol–water partition coefficient (Wildman–Crippen LogP) is 1.44. The Labute approximate surface area is 87.6 Å². The number of hydrogen-bond donors (Lipinski definition) is 1. The molecule has 0 radical (unpaired) electrons. The van der Waals surface area contributed by atoms with E-state index < -0.39 is 11.9 Å². The Morgan fingerprint density at radius 1 is 1.33 bits per heavy atom. The van der Waals surface area contributed by atoms with E-state index in [4.69, 9.17) is 0 Å². The van der Waals surface area contributed by atoms with Crippen molar-refractivity contribution in [2.24, 2.45) is 0 Å². The van der Waals surface area contributed by atoms with Crippen LogP contribution in [0.3, 0.4) is 0 Å². The number of nitrogens with one attached hydrogen (secondary N) is 1. The van der Waals surface area contributed by atoms with Crippen LogP contribution in [0, 0.1) is 0 Å². The predicted molar refractivity (Wildman–Crippen MR) is 57.2 cm³/mol. The maximum Gasteiger partial charge on any atom is 0.396 e. The Kier molecular flexibility index (Phi) is 3.62. The number of methoxy groups -OCH3 is 1. The molecule has 1 rings (SSSR count). The van der Waals surface area contributed by atoms with Crippen LogP contribution in [0.5, 0.6) is 0 Å². The first-order valence-corrected chi connectivity index (χ1v) is 4.29. The number of rotatable bonds is 2. The van der Waals surface area contributed by atoms with E-state index in [1.165, 1.54) is 0 Å². The molecule has 4 heteroatoms. The van der Waals surface area contributed by atoms with Gasteiger partial charge in [0.25, 0.3) is 0 Å². The monoisotopic (exact) mass is 205 g/mol. The minimum atomic E-state index is -0.914. The highest BCUT2D eigenvalue weighted by atomic mass is 16.5. The topological polar surface area (TPSA) is 55.4 Å². The fourth-order valence-corrected chi connectivity index (χ4v) is 0.977. The maximum atomic E-state index is 11.1. The normalized spacial score (nSPS) is 9.13. The molecule has 0 heterocycles. The van der Waals surface area contributed by atoms with E-state index in [1.54, 1.807) is 30.3 Å². The summed E-state index contributed by atoms with van der Waals surface area (Å²) in [5.41, 5.74) is 1.47. The maximum absolute atomic E-state index is 11.1. The Morgan fingerprint density at radius 3 is 2.40 bits per heavy atom. The third-order valence-electron chi connectivity index (χ3n) is 1.78. The molecule has 0 saturated heterocycles. The minimum absolute atomic E-state index is 0.538. The van der Waals surface area contributed by atoms with Crippen molar-refractivity contribution >= 4 is 23.6 Å². The summed E-state index contributed by atoms with van der Waals surface area (Å²) in [4.78, 5) is 21.9. The number of hydrogen-bond acceptors (Lipinski definition) is 3. The molecule has 0 spiro atoms. The van der Waals surface area contributed by atoms with Crippen LogP contribution >= 0.6 is 0 Å². The van der Waals surface area contributed by atoms with E-state index in [0.717, 1.165) is 12.7 Å². The zero-order valence-electron chi connectivity index (χ0n) is 8.32. The van der Waals surface area contributed by atoms with E-state index >= 15 is 0 Å². The molecule has 1 N–H and O–H groups in total. The SMILES string of the molecule is C=Cc1ccc(NC(=O)C(=O)OC)cc1. The van der Waals surface area contributed by atoms with Gasteiger partial charge in [0.05, 0.1) is 7.11 Å². The lowest BCUT2D eigenvalue weighted by Gasteiger charge is -2.03. The number of ether oxygens (including phenoxy) is 1. The number of carbonyl (C=O) groups is 2. The fraction of sp³-hybridized carbons (Fsp3) is 0.0909. The summed E-state index contributed by atoms with van der Waals surface area (Å²) in [6.45, 7) is 3.60. The van der Waals surface area contributed by atoms with E-state index in [1.807, 2.05) is 0 Å². The molecule has 1 aromatic rings. The summed E-state index contributed by atoms with van der Waals surface area (Å²) in [6.07, 6.45) is 1.69. The van der Waals surface area contributed by atoms with E-state index in [-0.39, 0.29) is 0 Å². The van der Waals surface area contributed by atoms with Gasteiger partial charge in [0.1, 0.15) is 0 Å². The summed E-state index contributed by atoms with van der Waals surface area (Å²) >= 11 is 0. The van der Waals surface area contributed by atoms with E-state index in [2.05, 4.69) is 16.6 Å². The molecule has 0 saturated carbocycles. The van der Waals surface area contributed by atoms with Crippen LogP contribution < -0.4 is 5.32 Å². The molecule has 0 aliphatic heterocycles. The van der Waals surface area contributed by atoms with Crippen LogP contribution in [0.25, 0.3) is 6.08 Å². The van der Waals surface area contributed by atoms with Gasteiger partial charge in [-0.25, -0.2) is 4.79 Å². The van der Waals surface area contributed by atoms with Crippen molar-refractivity contribution in [2.45, 2.75) is 0 Å². The Bertz CT molecular complexity index is 381. The molecule has 1 aromatic carbocycles. The highest BCUT2D eigenvalue weighted by Gasteiger charge is 2.12. The van der Waals surface area contributed by atoms with Gasteiger partial charge in [0.15, 0.2) is 0 Å². The Hall–Kier alpha value is -2.10. The van der Waals surface area contributed by atoms with Gasteiger partial charge in [-0.1, -0.05) is 24.8 Å². The van der Waals surface area contributed by atoms with Crippen molar-refractivity contribution in [2.75, 3.05) is 12.4 Å². The second kappa shape index (κ2) is 4.95. The van der Waals surface area contributed by atoms with Gasteiger partial charge in [0, 0.05) is 5.69 Å². The van der Waals surface area contributed by atoms with Crippen molar-refractivity contribution in [3.8, 4) is 0 Å². The van der Waals surface area contributed by atoms with Gasteiger partial charge in [0.2, 0.25) is 0 Å². The van der Waals surface area contributed by atoms with Crippen LogP contribution in [0.2, 0.25) is 0 Å². The van der Waals surface area contributed by atoms with E-state index in [9.17, 15) is 9.59 Å². The Balaban J connectivity index is 2.69. The van der Waals surface area contributed by atoms with Gasteiger partial charge in [-0.2, -0.15) is 0 Å². The van der Waals surface area contributed by atoms with Crippen LogP contribution in [0.1, 0.15) is 5.56 Å². The quantitative estimate of drug-likeness (QED) is 0.587. The van der Waals surface area contributed by atoms with Gasteiger partial charge < -0.3 is 10.1 Å². The molecule has 0 unspecified atom stereocenters. The van der Waals surface area contributed by atoms with Crippen LogP contribution in [-0.2, 0) is 14.3 Å². The van der Waals surface area contributed by atoms with E-state index in [0.29, 0.717) is 5.69 Å². The highest BCUT2D eigenvalue weighted by molar-refractivity contribution is 6.37. The van der Waals surface area contributed by atoms with Gasteiger partial charge in [-0.15, -0.1) is 0 Å². The molecule has 1 amide bonds. The van der Waals surface area contributed by atoms with Crippen LogP contribution in [0.4, 0.5) is 5.69 Å². The fourth-order valence-electron chi connectivity index (χ4n) is 0.977. The average Bonchev–Trinajstić information content (AvgIpc) is 2.29. The standard InChI is InChI=1S/C11H11NO3/c1-3-8-4-6-9(7-5-8)12-10(13)11(14)15-2/h3-7H,1H2,2H3,(H,12,13). The zero-order chi connectivity index (χ0) is 11.3. The van der Waals surface area contributed by atoms with Gasteiger partial charge in [-0.3, -0.25) is 4.79 Å². The summed E-state index contributed by atoms with van der Waals surface area (Å²) < 4.78 is 4.26. The lowest BCUT2D eigenvalue weighted by Crippen LogP contribution is -2.23. The molecule has 0 aromatic heterocycles. The van der Waals surface area contributed by atoms with Crippen LogP contribution in [-0.4, -0.2) is 19.0 Å². The first kappa shape index (κ1) is 11.0. The Morgan fingerprint density at radius 2 is 1.93 bits per heavy atom. The molecule has 0 atom stereocenters. The first-order valence-electron chi connectivity index (χ1n) is 4.29. The molecule has 4 nitrogen and oxygen atoms in total. The summed E-state index contributed by atoms with van der Waals surface area (Å²) in [6, 6.07) is 6.91. The lowest BCUT2D eigenvalue weighted by molar-refractivity contribution is -0.150. The molecule has 0 bridgehead atoms. The smallest absolute Gasteiger partial charge is 0.396 e. The number of carbonyl (C=O) groups excluding carboxylic acids is 2. The second-order valence-corrected chi connectivity index (χ2v) is 2.77.